The van der Waals surface area contributed by atoms with Crippen LogP contribution in [0.2, 0.25) is 0 Å². The van der Waals surface area contributed by atoms with E-state index in [1.54, 1.807) is 0 Å². The number of hydrogen-bond acceptors (Lipinski definition) is 2. The van der Waals surface area contributed by atoms with Crippen LogP contribution in [0.25, 0.3) is 11.2 Å². The summed E-state index contributed by atoms with van der Waals surface area (Å²) in [6.45, 7) is 2.10. The van der Waals surface area contributed by atoms with Crippen molar-refractivity contribution in [2.75, 3.05) is 5.88 Å². The van der Waals surface area contributed by atoms with Gasteiger partial charge in [-0.25, -0.2) is 9.97 Å². The molecule has 0 bridgehead atoms. The molecule has 1 aliphatic rings. The molecule has 0 unspecified atom stereocenters. The number of halogens is 1. The van der Waals surface area contributed by atoms with Crippen LogP contribution < -0.4 is 0 Å². The van der Waals surface area contributed by atoms with Crippen LogP contribution in [0.15, 0.2) is 12.3 Å². The maximum atomic E-state index is 5.91. The summed E-state index contributed by atoms with van der Waals surface area (Å²) in [5.74, 6) is 1.73. The van der Waals surface area contributed by atoms with Crippen molar-refractivity contribution >= 4 is 22.8 Å². The first-order valence-corrected chi connectivity index (χ1v) is 7.23. The predicted octanol–water partition coefficient (Wildman–Crippen LogP) is 3.64. The summed E-state index contributed by atoms with van der Waals surface area (Å²) in [6, 6.07) is 2.60. The van der Waals surface area contributed by atoms with Gasteiger partial charge in [0.15, 0.2) is 5.65 Å². The van der Waals surface area contributed by atoms with Crippen LogP contribution in [-0.4, -0.2) is 20.4 Å². The van der Waals surface area contributed by atoms with Crippen molar-refractivity contribution in [3.05, 3.63) is 23.7 Å². The van der Waals surface area contributed by atoms with E-state index in [-0.39, 0.29) is 0 Å². The molecule has 0 radical (unpaired) electrons. The number of pyridine rings is 1. The van der Waals surface area contributed by atoms with E-state index < -0.39 is 0 Å². The van der Waals surface area contributed by atoms with Crippen LogP contribution in [-0.2, 0) is 6.42 Å². The Morgan fingerprint density at radius 2 is 2.17 bits per heavy atom. The van der Waals surface area contributed by atoms with Crippen molar-refractivity contribution in [1.82, 2.24) is 14.5 Å². The topological polar surface area (TPSA) is 30.7 Å². The summed E-state index contributed by atoms with van der Waals surface area (Å²) in [6.07, 6.45) is 7.84. The van der Waals surface area contributed by atoms with Gasteiger partial charge in [0, 0.05) is 24.5 Å². The highest BCUT2D eigenvalue weighted by Crippen LogP contribution is 2.33. The molecule has 0 saturated heterocycles. The lowest BCUT2D eigenvalue weighted by Crippen LogP contribution is -2.10. The van der Waals surface area contributed by atoms with Crippen molar-refractivity contribution < 1.29 is 0 Å². The zero-order valence-corrected chi connectivity index (χ0v) is 11.5. The van der Waals surface area contributed by atoms with Crippen LogP contribution in [0, 0.1) is 6.92 Å². The lowest BCUT2D eigenvalue weighted by molar-refractivity contribution is 0.510. The third-order valence-corrected chi connectivity index (χ3v) is 4.05. The summed E-state index contributed by atoms with van der Waals surface area (Å²) in [7, 11) is 0. The van der Waals surface area contributed by atoms with Gasteiger partial charge in [0.1, 0.15) is 11.3 Å². The standard InChI is InChI=1S/C14H18ClN3/c1-10-7-9-16-14-13(10)17-12(6-8-15)18(14)11-4-2-3-5-11/h7,9,11H,2-6,8H2,1H3. The average Bonchev–Trinajstić information content (AvgIpc) is 2.96. The Morgan fingerprint density at radius 3 is 2.89 bits per heavy atom. The summed E-state index contributed by atoms with van der Waals surface area (Å²) in [5.41, 5.74) is 3.29. The Morgan fingerprint density at radius 1 is 1.39 bits per heavy atom. The number of hydrogen-bond donors (Lipinski definition) is 0. The van der Waals surface area contributed by atoms with Gasteiger partial charge in [-0.15, -0.1) is 11.6 Å². The highest BCUT2D eigenvalue weighted by Gasteiger charge is 2.23. The molecule has 0 aliphatic heterocycles. The number of imidazole rings is 1. The van der Waals surface area contributed by atoms with E-state index >= 15 is 0 Å². The molecule has 0 N–H and O–H groups in total. The molecule has 2 heterocycles. The van der Waals surface area contributed by atoms with Crippen LogP contribution in [0.4, 0.5) is 0 Å². The lowest BCUT2D eigenvalue weighted by atomic mass is 10.2. The molecule has 0 atom stereocenters. The van der Waals surface area contributed by atoms with Crippen molar-refractivity contribution in [3.8, 4) is 0 Å². The highest BCUT2D eigenvalue weighted by atomic mass is 35.5. The van der Waals surface area contributed by atoms with Crippen molar-refractivity contribution in [1.29, 1.82) is 0 Å². The van der Waals surface area contributed by atoms with E-state index in [0.717, 1.165) is 23.4 Å². The second-order valence-electron chi connectivity index (χ2n) is 5.08. The number of fused-ring (bicyclic) bond motifs is 1. The highest BCUT2D eigenvalue weighted by molar-refractivity contribution is 6.17. The Balaban J connectivity index is 2.18. The molecule has 0 aromatic carbocycles. The third kappa shape index (κ3) is 1.91. The van der Waals surface area contributed by atoms with E-state index in [4.69, 9.17) is 16.6 Å². The number of aromatic nitrogens is 3. The summed E-state index contributed by atoms with van der Waals surface area (Å²) >= 11 is 5.91. The summed E-state index contributed by atoms with van der Waals surface area (Å²) in [5, 5.41) is 0. The molecule has 2 aromatic rings. The van der Waals surface area contributed by atoms with Crippen LogP contribution in [0.3, 0.4) is 0 Å². The van der Waals surface area contributed by atoms with Gasteiger partial charge < -0.3 is 4.57 Å². The zero-order valence-electron chi connectivity index (χ0n) is 10.7. The Bertz CT molecular complexity index is 555. The molecular weight excluding hydrogens is 246 g/mol. The number of aryl methyl sites for hydroxylation is 2. The van der Waals surface area contributed by atoms with Gasteiger partial charge in [0.25, 0.3) is 0 Å². The first-order chi connectivity index (χ1) is 8.81. The fourth-order valence-corrected chi connectivity index (χ4v) is 3.13. The second kappa shape index (κ2) is 4.88. The molecule has 4 heteroatoms. The molecule has 3 nitrogen and oxygen atoms in total. The Kier molecular flexibility index (Phi) is 3.25. The maximum absolute atomic E-state index is 5.91. The number of alkyl halides is 1. The first kappa shape index (κ1) is 12.0. The van der Waals surface area contributed by atoms with Gasteiger partial charge >= 0.3 is 0 Å². The van der Waals surface area contributed by atoms with Crippen molar-refractivity contribution in [2.24, 2.45) is 0 Å². The average molecular weight is 264 g/mol. The van der Waals surface area contributed by atoms with Crippen LogP contribution >= 0.6 is 11.6 Å². The minimum absolute atomic E-state index is 0.572. The quantitative estimate of drug-likeness (QED) is 0.792. The van der Waals surface area contributed by atoms with Gasteiger partial charge in [-0.05, 0) is 31.4 Å². The molecule has 0 spiro atoms. The molecule has 1 saturated carbocycles. The summed E-state index contributed by atoms with van der Waals surface area (Å²) < 4.78 is 2.34. The van der Waals surface area contributed by atoms with Crippen molar-refractivity contribution in [2.45, 2.75) is 45.1 Å². The maximum Gasteiger partial charge on any atom is 0.160 e. The fourth-order valence-electron chi connectivity index (χ4n) is 2.96. The van der Waals surface area contributed by atoms with Gasteiger partial charge in [0.2, 0.25) is 0 Å². The molecule has 0 amide bonds. The minimum atomic E-state index is 0.572. The van der Waals surface area contributed by atoms with E-state index in [9.17, 15) is 0 Å². The normalized spacial score (nSPS) is 16.8. The molecular formula is C14H18ClN3. The van der Waals surface area contributed by atoms with Crippen molar-refractivity contribution in [3.63, 3.8) is 0 Å². The molecule has 18 heavy (non-hydrogen) atoms. The van der Waals surface area contributed by atoms with Crippen LogP contribution in [0.5, 0.6) is 0 Å². The monoisotopic (exact) mass is 263 g/mol. The van der Waals surface area contributed by atoms with E-state index in [2.05, 4.69) is 16.5 Å². The molecule has 1 fully saturated rings. The molecule has 2 aromatic heterocycles. The molecule has 1 aliphatic carbocycles. The van der Waals surface area contributed by atoms with Gasteiger partial charge in [-0.2, -0.15) is 0 Å². The third-order valence-electron chi connectivity index (χ3n) is 3.86. The van der Waals surface area contributed by atoms with Gasteiger partial charge in [0.05, 0.1) is 0 Å². The van der Waals surface area contributed by atoms with E-state index in [1.165, 1.54) is 31.2 Å². The summed E-state index contributed by atoms with van der Waals surface area (Å²) in [4.78, 5) is 9.31. The number of rotatable bonds is 3. The Hall–Kier alpha value is -1.09. The first-order valence-electron chi connectivity index (χ1n) is 6.69. The van der Waals surface area contributed by atoms with Gasteiger partial charge in [-0.1, -0.05) is 12.8 Å². The second-order valence-corrected chi connectivity index (χ2v) is 5.45. The zero-order chi connectivity index (χ0) is 12.5. The largest absolute Gasteiger partial charge is 0.310 e. The lowest BCUT2D eigenvalue weighted by Gasteiger charge is -2.15. The Labute approximate surface area is 112 Å². The predicted molar refractivity (Wildman–Crippen MR) is 74.2 cm³/mol. The minimum Gasteiger partial charge on any atom is -0.310 e. The fraction of sp³-hybridized carbons (Fsp3) is 0.571. The SMILES string of the molecule is Cc1ccnc2c1nc(CCCl)n2C1CCCC1. The smallest absolute Gasteiger partial charge is 0.160 e. The number of nitrogens with zero attached hydrogens (tertiary/aromatic N) is 3. The van der Waals surface area contributed by atoms with Crippen LogP contribution in [0.1, 0.15) is 43.1 Å². The molecule has 96 valence electrons. The van der Waals surface area contributed by atoms with Gasteiger partial charge in [-0.3, -0.25) is 0 Å². The van der Waals surface area contributed by atoms with E-state index in [1.807, 2.05) is 12.3 Å². The molecule has 3 rings (SSSR count). The van der Waals surface area contributed by atoms with E-state index in [0.29, 0.717) is 11.9 Å².